The molecule has 0 saturated carbocycles. The molecule has 110 valence electrons. The Hall–Kier alpha value is -1.17. The normalized spacial score (nSPS) is 24.2. The number of benzene rings is 1. The maximum atomic E-state index is 13.8. The highest BCUT2D eigenvalue weighted by molar-refractivity contribution is 6.31. The van der Waals surface area contributed by atoms with Crippen LogP contribution in [0.25, 0.3) is 0 Å². The van der Waals surface area contributed by atoms with Crippen molar-refractivity contribution in [3.05, 3.63) is 34.6 Å². The molecule has 1 heterocycles. The van der Waals surface area contributed by atoms with Crippen LogP contribution in [0.3, 0.4) is 0 Å². The van der Waals surface area contributed by atoms with Crippen LogP contribution in [0.15, 0.2) is 18.2 Å². The minimum atomic E-state index is -0.507. The highest BCUT2D eigenvalue weighted by atomic mass is 35.5. The highest BCUT2D eigenvalue weighted by Gasteiger charge is 2.29. The quantitative estimate of drug-likeness (QED) is 0.898. The Morgan fingerprint density at radius 2 is 2.35 bits per heavy atom. The van der Waals surface area contributed by atoms with Crippen molar-refractivity contribution < 1.29 is 13.9 Å². The average Bonchev–Trinajstić information content (AvgIpc) is 2.38. The summed E-state index contributed by atoms with van der Waals surface area (Å²) in [7, 11) is 0. The molecule has 6 heteroatoms. The molecule has 1 aliphatic rings. The van der Waals surface area contributed by atoms with Crippen LogP contribution >= 0.6 is 11.6 Å². The van der Waals surface area contributed by atoms with E-state index in [1.807, 2.05) is 6.92 Å². The largest absolute Gasteiger partial charge is 0.375 e. The number of ether oxygens (including phenoxy) is 1. The Labute approximate surface area is 122 Å². The zero-order valence-corrected chi connectivity index (χ0v) is 12.2. The Bertz CT molecular complexity index is 478. The van der Waals surface area contributed by atoms with Crippen LogP contribution in [-0.2, 0) is 9.53 Å². The standard InChI is InChI=1S/C14H18ClFN2O2/c1-8(12-10(15)4-3-5-11(12)16)18-14(19)13-9(2)20-7-6-17-13/h3-5,8-9,13,17H,6-7H2,1-2H3,(H,18,19)/t8?,9-,13+/m1/s1. The van der Waals surface area contributed by atoms with Gasteiger partial charge in [0.25, 0.3) is 0 Å². The highest BCUT2D eigenvalue weighted by Crippen LogP contribution is 2.25. The summed E-state index contributed by atoms with van der Waals surface area (Å²) in [6.45, 7) is 4.74. The number of nitrogens with one attached hydrogen (secondary N) is 2. The van der Waals surface area contributed by atoms with Gasteiger partial charge in [-0.05, 0) is 26.0 Å². The van der Waals surface area contributed by atoms with Crippen LogP contribution in [0.1, 0.15) is 25.5 Å². The second-order valence-corrected chi connectivity index (χ2v) is 5.28. The van der Waals surface area contributed by atoms with Crippen molar-refractivity contribution in [2.24, 2.45) is 0 Å². The first-order valence-corrected chi connectivity index (χ1v) is 6.97. The molecule has 0 aliphatic carbocycles. The van der Waals surface area contributed by atoms with Gasteiger partial charge in [0.2, 0.25) is 5.91 Å². The number of carbonyl (C=O) groups excluding carboxylic acids is 1. The minimum Gasteiger partial charge on any atom is -0.375 e. The molecule has 1 amide bonds. The van der Waals surface area contributed by atoms with Gasteiger partial charge in [-0.15, -0.1) is 0 Å². The molecule has 4 nitrogen and oxygen atoms in total. The monoisotopic (exact) mass is 300 g/mol. The van der Waals surface area contributed by atoms with Crippen LogP contribution in [-0.4, -0.2) is 31.2 Å². The van der Waals surface area contributed by atoms with E-state index in [4.69, 9.17) is 16.3 Å². The smallest absolute Gasteiger partial charge is 0.240 e. The molecule has 0 aromatic heterocycles. The van der Waals surface area contributed by atoms with Gasteiger partial charge in [0.1, 0.15) is 11.9 Å². The second-order valence-electron chi connectivity index (χ2n) is 4.87. The molecule has 20 heavy (non-hydrogen) atoms. The number of rotatable bonds is 3. The van der Waals surface area contributed by atoms with Gasteiger partial charge in [-0.2, -0.15) is 0 Å². The fourth-order valence-electron chi connectivity index (χ4n) is 2.33. The van der Waals surface area contributed by atoms with E-state index in [1.165, 1.54) is 12.1 Å². The lowest BCUT2D eigenvalue weighted by atomic mass is 10.1. The van der Waals surface area contributed by atoms with E-state index in [-0.39, 0.29) is 12.0 Å². The first-order chi connectivity index (χ1) is 9.50. The third kappa shape index (κ3) is 3.29. The first-order valence-electron chi connectivity index (χ1n) is 6.60. The van der Waals surface area contributed by atoms with Crippen molar-refractivity contribution >= 4 is 17.5 Å². The van der Waals surface area contributed by atoms with Crippen molar-refractivity contribution in [3.63, 3.8) is 0 Å². The minimum absolute atomic E-state index is 0.216. The Balaban J connectivity index is 2.07. The summed E-state index contributed by atoms with van der Waals surface area (Å²) >= 11 is 5.99. The maximum absolute atomic E-state index is 13.8. The zero-order valence-electron chi connectivity index (χ0n) is 11.5. The van der Waals surface area contributed by atoms with E-state index in [9.17, 15) is 9.18 Å². The Kier molecular flexibility index (Phi) is 4.96. The molecule has 1 unspecified atom stereocenters. The summed E-state index contributed by atoms with van der Waals surface area (Å²) < 4.78 is 19.2. The number of hydrogen-bond acceptors (Lipinski definition) is 3. The number of hydrogen-bond donors (Lipinski definition) is 2. The van der Waals surface area contributed by atoms with Gasteiger partial charge in [0, 0.05) is 17.1 Å². The summed E-state index contributed by atoms with van der Waals surface area (Å²) in [6.07, 6.45) is -0.216. The predicted molar refractivity (Wildman–Crippen MR) is 75.2 cm³/mol. The summed E-state index contributed by atoms with van der Waals surface area (Å²) in [5.41, 5.74) is 0.298. The van der Waals surface area contributed by atoms with Crippen LogP contribution < -0.4 is 10.6 Å². The third-order valence-corrected chi connectivity index (χ3v) is 3.72. The zero-order chi connectivity index (χ0) is 14.7. The SMILES string of the molecule is CC(NC(=O)[C@H]1NCCO[C@@H]1C)c1c(F)cccc1Cl. The topological polar surface area (TPSA) is 50.4 Å². The molecule has 3 atom stereocenters. The van der Waals surface area contributed by atoms with Crippen molar-refractivity contribution in [3.8, 4) is 0 Å². The van der Waals surface area contributed by atoms with E-state index >= 15 is 0 Å². The lowest BCUT2D eigenvalue weighted by Gasteiger charge is -2.30. The van der Waals surface area contributed by atoms with Gasteiger partial charge in [0.05, 0.1) is 18.8 Å². The number of halogens is 2. The molecular formula is C14H18ClFN2O2. The van der Waals surface area contributed by atoms with Crippen LogP contribution in [0.2, 0.25) is 5.02 Å². The lowest BCUT2D eigenvalue weighted by molar-refractivity contribution is -0.129. The maximum Gasteiger partial charge on any atom is 0.240 e. The summed E-state index contributed by atoms with van der Waals surface area (Å²) in [5, 5.41) is 6.17. The fourth-order valence-corrected chi connectivity index (χ4v) is 2.65. The fraction of sp³-hybridized carbons (Fsp3) is 0.500. The van der Waals surface area contributed by atoms with E-state index in [2.05, 4.69) is 10.6 Å². The average molecular weight is 301 g/mol. The second kappa shape index (κ2) is 6.52. The first kappa shape index (κ1) is 15.2. The Morgan fingerprint density at radius 1 is 1.60 bits per heavy atom. The van der Waals surface area contributed by atoms with Gasteiger partial charge in [-0.3, -0.25) is 4.79 Å². The van der Waals surface area contributed by atoms with Crippen molar-refractivity contribution in [2.45, 2.75) is 32.0 Å². The molecule has 0 radical (unpaired) electrons. The lowest BCUT2D eigenvalue weighted by Crippen LogP contribution is -2.55. The number of morpholine rings is 1. The number of carbonyl (C=O) groups is 1. The molecule has 1 aromatic rings. The predicted octanol–water partition coefficient (Wildman–Crippen LogP) is 2.03. The van der Waals surface area contributed by atoms with Crippen molar-refractivity contribution in [1.82, 2.24) is 10.6 Å². The molecule has 2 N–H and O–H groups in total. The van der Waals surface area contributed by atoms with E-state index in [0.29, 0.717) is 23.7 Å². The van der Waals surface area contributed by atoms with Crippen LogP contribution in [0, 0.1) is 5.82 Å². The molecule has 0 spiro atoms. The van der Waals surface area contributed by atoms with Crippen molar-refractivity contribution in [2.75, 3.05) is 13.2 Å². The summed E-state index contributed by atoms with van der Waals surface area (Å²) in [5.74, 6) is -0.643. The summed E-state index contributed by atoms with van der Waals surface area (Å²) in [6, 6.07) is 3.53. The third-order valence-electron chi connectivity index (χ3n) is 3.39. The van der Waals surface area contributed by atoms with E-state index < -0.39 is 17.9 Å². The van der Waals surface area contributed by atoms with Gasteiger partial charge in [-0.1, -0.05) is 17.7 Å². The molecule has 2 rings (SSSR count). The number of amides is 1. The van der Waals surface area contributed by atoms with E-state index in [0.717, 1.165) is 0 Å². The molecule has 1 aliphatic heterocycles. The van der Waals surface area contributed by atoms with Crippen LogP contribution in [0.5, 0.6) is 0 Å². The van der Waals surface area contributed by atoms with E-state index in [1.54, 1.807) is 13.0 Å². The van der Waals surface area contributed by atoms with Crippen molar-refractivity contribution in [1.29, 1.82) is 0 Å². The van der Waals surface area contributed by atoms with Gasteiger partial charge in [-0.25, -0.2) is 4.39 Å². The summed E-state index contributed by atoms with van der Waals surface area (Å²) in [4.78, 5) is 12.2. The molecule has 1 aromatic carbocycles. The van der Waals surface area contributed by atoms with Gasteiger partial charge >= 0.3 is 0 Å². The molecule has 1 saturated heterocycles. The molecule has 0 bridgehead atoms. The Morgan fingerprint density at radius 3 is 3.00 bits per heavy atom. The van der Waals surface area contributed by atoms with Gasteiger partial charge in [0.15, 0.2) is 0 Å². The molecule has 1 fully saturated rings. The van der Waals surface area contributed by atoms with Gasteiger partial charge < -0.3 is 15.4 Å². The molecular weight excluding hydrogens is 283 g/mol. The van der Waals surface area contributed by atoms with Crippen LogP contribution in [0.4, 0.5) is 4.39 Å².